The third-order valence-corrected chi connectivity index (χ3v) is 6.22. The Morgan fingerprint density at radius 3 is 2.65 bits per heavy atom. The first-order valence-corrected chi connectivity index (χ1v) is 12.1. The average molecular weight is 469 g/mol. The third kappa shape index (κ3) is 5.94. The monoisotopic (exact) mass is 468 g/mol. The average Bonchev–Trinajstić information content (AvgIpc) is 3.24. The Bertz CT molecular complexity index is 1080. The number of aliphatic hydroxyl groups excluding tert-OH is 1. The maximum absolute atomic E-state index is 9.13. The Hall–Kier alpha value is -2.95. The first-order valence-electron chi connectivity index (χ1n) is 12.1. The molecule has 1 fully saturated rings. The predicted molar refractivity (Wildman–Crippen MR) is 134 cm³/mol. The molecule has 3 aromatic rings. The van der Waals surface area contributed by atoms with Crippen molar-refractivity contribution in [3.63, 3.8) is 0 Å². The smallest absolute Gasteiger partial charge is 0.222 e. The second kappa shape index (κ2) is 11.5. The van der Waals surface area contributed by atoms with Crippen LogP contribution < -0.4 is 15.8 Å². The van der Waals surface area contributed by atoms with Gasteiger partial charge in [0, 0.05) is 51.4 Å². The van der Waals surface area contributed by atoms with Crippen LogP contribution in [0.25, 0.3) is 11.0 Å². The molecule has 0 saturated carbocycles. The summed E-state index contributed by atoms with van der Waals surface area (Å²) in [6, 6.07) is 6.40. The summed E-state index contributed by atoms with van der Waals surface area (Å²) in [5, 5.41) is 17.2. The van der Waals surface area contributed by atoms with E-state index in [4.69, 9.17) is 20.7 Å². The number of benzene rings is 1. The fraction of sp³-hybridized carbons (Fsp3) is 0.542. The van der Waals surface area contributed by atoms with Gasteiger partial charge in [-0.15, -0.1) is 0 Å². The molecule has 0 spiro atoms. The van der Waals surface area contributed by atoms with E-state index in [1.165, 1.54) is 5.56 Å². The van der Waals surface area contributed by atoms with Gasteiger partial charge < -0.3 is 20.9 Å². The van der Waals surface area contributed by atoms with Crippen LogP contribution in [0.1, 0.15) is 30.9 Å². The highest BCUT2D eigenvalue weighted by Gasteiger charge is 2.17. The normalized spacial score (nSPS) is 15.1. The van der Waals surface area contributed by atoms with E-state index in [0.29, 0.717) is 12.4 Å². The van der Waals surface area contributed by atoms with Crippen molar-refractivity contribution in [2.45, 2.75) is 32.9 Å². The number of nitrogens with one attached hydrogen (secondary N) is 1. The molecule has 4 rings (SSSR count). The fourth-order valence-corrected chi connectivity index (χ4v) is 4.33. The highest BCUT2D eigenvalue weighted by molar-refractivity contribution is 5.85. The van der Waals surface area contributed by atoms with Gasteiger partial charge in [0.25, 0.3) is 0 Å². The molecule has 0 aliphatic carbocycles. The van der Waals surface area contributed by atoms with E-state index >= 15 is 0 Å². The lowest BCUT2D eigenvalue weighted by molar-refractivity contribution is 0.108. The van der Waals surface area contributed by atoms with Gasteiger partial charge >= 0.3 is 0 Å². The van der Waals surface area contributed by atoms with Gasteiger partial charge in [0.2, 0.25) is 5.95 Å². The number of nitrogens with zero attached hydrogens (tertiary/aromatic N) is 6. The van der Waals surface area contributed by atoms with E-state index in [-0.39, 0.29) is 12.6 Å². The molecule has 4 N–H and O–H groups in total. The number of rotatable bonds is 11. The Morgan fingerprint density at radius 2 is 1.91 bits per heavy atom. The maximum Gasteiger partial charge on any atom is 0.222 e. The molecule has 0 amide bonds. The highest BCUT2D eigenvalue weighted by atomic mass is 16.5. The van der Waals surface area contributed by atoms with Gasteiger partial charge in [-0.1, -0.05) is 25.5 Å². The van der Waals surface area contributed by atoms with Gasteiger partial charge in [0.05, 0.1) is 26.5 Å². The van der Waals surface area contributed by atoms with Crippen molar-refractivity contribution in [2.75, 3.05) is 64.0 Å². The Morgan fingerprint density at radius 1 is 1.12 bits per heavy atom. The van der Waals surface area contributed by atoms with Crippen molar-refractivity contribution < 1.29 is 9.84 Å². The quantitative estimate of drug-likeness (QED) is 0.362. The van der Waals surface area contributed by atoms with E-state index in [0.717, 1.165) is 81.0 Å². The van der Waals surface area contributed by atoms with Crippen LogP contribution in [0.4, 0.5) is 11.8 Å². The van der Waals surface area contributed by atoms with E-state index in [9.17, 15) is 0 Å². The first kappa shape index (κ1) is 24.2. The van der Waals surface area contributed by atoms with Crippen molar-refractivity contribution in [3.05, 3.63) is 35.5 Å². The Balaban J connectivity index is 1.46. The van der Waals surface area contributed by atoms with Crippen molar-refractivity contribution in [2.24, 2.45) is 0 Å². The van der Waals surface area contributed by atoms with Crippen LogP contribution >= 0.6 is 0 Å². The van der Waals surface area contributed by atoms with Crippen molar-refractivity contribution in [1.29, 1.82) is 0 Å². The van der Waals surface area contributed by atoms with Gasteiger partial charge in [0.1, 0.15) is 11.3 Å². The van der Waals surface area contributed by atoms with Crippen LogP contribution in [0.2, 0.25) is 0 Å². The van der Waals surface area contributed by atoms with Crippen LogP contribution in [0.15, 0.2) is 24.4 Å². The fourth-order valence-electron chi connectivity index (χ4n) is 4.33. The summed E-state index contributed by atoms with van der Waals surface area (Å²) in [6.07, 6.45) is 4.05. The Labute approximate surface area is 200 Å². The lowest BCUT2D eigenvalue weighted by Crippen LogP contribution is -2.46. The minimum absolute atomic E-state index is 0.223. The van der Waals surface area contributed by atoms with E-state index < -0.39 is 0 Å². The van der Waals surface area contributed by atoms with E-state index in [2.05, 4.69) is 50.2 Å². The number of hydrogen-bond donors (Lipinski definition) is 3. The number of nitrogens with two attached hydrogens (primary N) is 1. The molecule has 1 aliphatic heterocycles. The summed E-state index contributed by atoms with van der Waals surface area (Å²) in [4.78, 5) is 13.4. The number of β-amino-alcohol motifs (C(OH)–C–C–N with tert-alkyl or cyclic N) is 1. The minimum Gasteiger partial charge on any atom is -0.496 e. The number of piperazine rings is 1. The van der Waals surface area contributed by atoms with Gasteiger partial charge in [-0.25, -0.2) is 4.98 Å². The number of nitrogen functional groups attached to an aromatic ring is 1. The minimum atomic E-state index is 0.223. The largest absolute Gasteiger partial charge is 0.496 e. The molecule has 34 heavy (non-hydrogen) atoms. The SMILES string of the molecule is CCCCNc1nc(N)nc2cn(Cc3ccc(CN4CCN(CCO)CC4)cc3OC)nc12. The molecular formula is C24H36N8O2. The molecule has 2 aromatic heterocycles. The number of aliphatic hydroxyl groups is 1. The first-order chi connectivity index (χ1) is 16.6. The van der Waals surface area contributed by atoms with Crippen LogP contribution in [0.5, 0.6) is 5.75 Å². The molecule has 0 atom stereocenters. The van der Waals surface area contributed by atoms with Crippen LogP contribution in [0.3, 0.4) is 0 Å². The van der Waals surface area contributed by atoms with Crippen molar-refractivity contribution >= 4 is 22.8 Å². The molecule has 10 nitrogen and oxygen atoms in total. The second-order valence-electron chi connectivity index (χ2n) is 8.76. The van der Waals surface area contributed by atoms with Gasteiger partial charge in [0.15, 0.2) is 11.3 Å². The van der Waals surface area contributed by atoms with Crippen LogP contribution in [0, 0.1) is 0 Å². The van der Waals surface area contributed by atoms with Gasteiger partial charge in [-0.3, -0.25) is 14.5 Å². The van der Waals surface area contributed by atoms with Crippen molar-refractivity contribution in [3.8, 4) is 5.75 Å². The third-order valence-electron chi connectivity index (χ3n) is 6.22. The number of anilines is 2. The molecule has 10 heteroatoms. The molecule has 0 unspecified atom stereocenters. The standard InChI is InChI=1S/C24H36N8O2/c1-3-4-7-26-23-22-20(27-24(25)28-23)17-32(29-22)16-19-6-5-18(14-21(19)34-2)15-31-10-8-30(9-11-31)12-13-33/h5-6,14,17,33H,3-4,7-13,15-16H2,1-2H3,(H3,25,26,27,28). The summed E-state index contributed by atoms with van der Waals surface area (Å²) < 4.78 is 7.59. The number of aromatic nitrogens is 4. The number of fused-ring (bicyclic) bond motifs is 1. The molecule has 1 aromatic carbocycles. The zero-order valence-electron chi connectivity index (χ0n) is 20.2. The van der Waals surface area contributed by atoms with Crippen LogP contribution in [-0.2, 0) is 13.1 Å². The van der Waals surface area contributed by atoms with Gasteiger partial charge in [-0.05, 0) is 18.1 Å². The second-order valence-corrected chi connectivity index (χ2v) is 8.76. The lowest BCUT2D eigenvalue weighted by Gasteiger charge is -2.34. The topological polar surface area (TPSA) is 118 Å². The number of methoxy groups -OCH3 is 1. The predicted octanol–water partition coefficient (Wildman–Crippen LogP) is 1.79. The molecule has 0 radical (unpaired) electrons. The van der Waals surface area contributed by atoms with Crippen molar-refractivity contribution in [1.82, 2.24) is 29.5 Å². The molecular weight excluding hydrogens is 432 g/mol. The molecule has 1 saturated heterocycles. The number of hydrogen-bond acceptors (Lipinski definition) is 9. The molecule has 0 bridgehead atoms. The van der Waals surface area contributed by atoms with E-state index in [1.807, 2.05) is 10.9 Å². The summed E-state index contributed by atoms with van der Waals surface area (Å²) in [7, 11) is 1.71. The van der Waals surface area contributed by atoms with E-state index in [1.54, 1.807) is 7.11 Å². The summed E-state index contributed by atoms with van der Waals surface area (Å²) >= 11 is 0. The molecule has 184 valence electrons. The molecule has 3 heterocycles. The zero-order chi connectivity index (χ0) is 23.9. The maximum atomic E-state index is 9.13. The lowest BCUT2D eigenvalue weighted by atomic mass is 10.1. The zero-order valence-corrected chi connectivity index (χ0v) is 20.2. The highest BCUT2D eigenvalue weighted by Crippen LogP contribution is 2.25. The summed E-state index contributed by atoms with van der Waals surface area (Å²) in [5.41, 5.74) is 9.64. The summed E-state index contributed by atoms with van der Waals surface area (Å²) in [6.45, 7) is 9.39. The van der Waals surface area contributed by atoms with Crippen LogP contribution in [-0.4, -0.2) is 87.6 Å². The number of unbranched alkanes of at least 4 members (excludes halogenated alkanes) is 1. The number of ether oxygens (including phenoxy) is 1. The summed E-state index contributed by atoms with van der Waals surface area (Å²) in [5.74, 6) is 1.77. The Kier molecular flexibility index (Phi) is 8.15. The molecule has 1 aliphatic rings. The van der Waals surface area contributed by atoms with Gasteiger partial charge in [-0.2, -0.15) is 10.1 Å².